The Morgan fingerprint density at radius 1 is 1.19 bits per heavy atom. The summed E-state index contributed by atoms with van der Waals surface area (Å²) in [5, 5.41) is 9.37. The van der Waals surface area contributed by atoms with Gasteiger partial charge in [-0.3, -0.25) is 4.79 Å². The minimum atomic E-state index is -0.646. The van der Waals surface area contributed by atoms with Gasteiger partial charge in [0, 0.05) is 6.54 Å². The second kappa shape index (κ2) is 7.66. The molecule has 0 rings (SSSR count). The molecule has 0 amide bonds. The molecule has 0 aromatic heterocycles. The average Bonchev–Trinajstić information content (AvgIpc) is 2.30. The van der Waals surface area contributed by atoms with Gasteiger partial charge >= 0.3 is 5.97 Å². The Balaban J connectivity index is 4.51. The second-order valence-corrected chi connectivity index (χ2v) is 4.51. The number of nitrogens with zero attached hydrogens (tertiary/aromatic N) is 1. The molecule has 0 aromatic carbocycles. The molecule has 0 fully saturated rings. The highest BCUT2D eigenvalue weighted by molar-refractivity contribution is 5.74. The number of hydrogen-bond acceptors (Lipinski definition) is 2. The van der Waals surface area contributed by atoms with Crippen LogP contribution in [0.4, 0.5) is 0 Å². The summed E-state index contributed by atoms with van der Waals surface area (Å²) in [6.07, 6.45) is 3.73. The first-order valence-corrected chi connectivity index (χ1v) is 6.52. The van der Waals surface area contributed by atoms with Crippen LogP contribution in [0.5, 0.6) is 0 Å². The third-order valence-corrected chi connectivity index (χ3v) is 3.61. The predicted molar refractivity (Wildman–Crippen MR) is 67.7 cm³/mol. The first-order valence-electron chi connectivity index (χ1n) is 6.52. The highest BCUT2D eigenvalue weighted by atomic mass is 16.4. The van der Waals surface area contributed by atoms with E-state index < -0.39 is 11.4 Å². The molecular weight excluding hydrogens is 202 g/mol. The van der Waals surface area contributed by atoms with E-state index in [0.29, 0.717) is 19.4 Å². The molecule has 3 nitrogen and oxygen atoms in total. The number of carbonyl (C=O) groups is 1. The zero-order valence-electron chi connectivity index (χ0n) is 11.3. The van der Waals surface area contributed by atoms with E-state index in [0.717, 1.165) is 25.9 Å². The third-order valence-electron chi connectivity index (χ3n) is 3.61. The molecule has 0 aliphatic rings. The molecular formula is C13H27NO2. The van der Waals surface area contributed by atoms with Gasteiger partial charge in [-0.1, -0.05) is 34.1 Å². The predicted octanol–water partition coefficient (Wildman–Crippen LogP) is 3.00. The van der Waals surface area contributed by atoms with Crippen molar-refractivity contribution in [2.24, 2.45) is 5.41 Å². The van der Waals surface area contributed by atoms with Crippen molar-refractivity contribution >= 4 is 5.97 Å². The maximum atomic E-state index is 11.4. The van der Waals surface area contributed by atoms with Crippen molar-refractivity contribution in [2.75, 3.05) is 19.6 Å². The molecule has 0 aromatic rings. The molecule has 0 aliphatic carbocycles. The van der Waals surface area contributed by atoms with Crippen LogP contribution in [0, 0.1) is 5.41 Å². The maximum absolute atomic E-state index is 11.4. The minimum absolute atomic E-state index is 0.552. The summed E-state index contributed by atoms with van der Waals surface area (Å²) in [7, 11) is 0. The lowest BCUT2D eigenvalue weighted by Gasteiger charge is -2.33. The molecule has 0 bridgehead atoms. The lowest BCUT2D eigenvalue weighted by atomic mass is 9.82. The summed E-state index contributed by atoms with van der Waals surface area (Å²) in [4.78, 5) is 13.7. The summed E-state index contributed by atoms with van der Waals surface area (Å²) in [5.41, 5.74) is -0.552. The highest BCUT2D eigenvalue weighted by Gasteiger charge is 2.36. The Hall–Kier alpha value is -0.570. The van der Waals surface area contributed by atoms with Gasteiger partial charge in [0.1, 0.15) is 0 Å². The minimum Gasteiger partial charge on any atom is -0.481 e. The summed E-state index contributed by atoms with van der Waals surface area (Å²) in [6, 6.07) is 0. The zero-order chi connectivity index (χ0) is 12.6. The Morgan fingerprint density at radius 3 is 2.06 bits per heavy atom. The first kappa shape index (κ1) is 15.4. The quantitative estimate of drug-likeness (QED) is 0.660. The van der Waals surface area contributed by atoms with Crippen molar-refractivity contribution in [1.29, 1.82) is 0 Å². The van der Waals surface area contributed by atoms with Gasteiger partial charge in [0.25, 0.3) is 0 Å². The van der Waals surface area contributed by atoms with Crippen LogP contribution in [0.3, 0.4) is 0 Å². The summed E-state index contributed by atoms with van der Waals surface area (Å²) < 4.78 is 0. The van der Waals surface area contributed by atoms with E-state index >= 15 is 0 Å². The molecule has 0 atom stereocenters. The fraction of sp³-hybridized carbons (Fsp3) is 0.923. The van der Waals surface area contributed by atoms with Crippen LogP contribution in [-0.4, -0.2) is 35.6 Å². The van der Waals surface area contributed by atoms with Crippen LogP contribution >= 0.6 is 0 Å². The fourth-order valence-electron chi connectivity index (χ4n) is 2.00. The van der Waals surface area contributed by atoms with Gasteiger partial charge < -0.3 is 10.0 Å². The van der Waals surface area contributed by atoms with E-state index in [4.69, 9.17) is 0 Å². The standard InChI is InChI=1S/C13H27NO2/c1-5-9-10-14(8-4)11-13(6-2,7-3)12(15)16/h5-11H2,1-4H3,(H,15,16). The third kappa shape index (κ3) is 4.12. The largest absolute Gasteiger partial charge is 0.481 e. The Morgan fingerprint density at radius 2 is 1.75 bits per heavy atom. The number of rotatable bonds is 9. The van der Waals surface area contributed by atoms with Crippen molar-refractivity contribution in [2.45, 2.75) is 53.4 Å². The normalized spacial score (nSPS) is 12.1. The zero-order valence-corrected chi connectivity index (χ0v) is 11.3. The number of carboxylic acid groups (broad SMARTS) is 1. The number of carboxylic acids is 1. The summed E-state index contributed by atoms with van der Waals surface area (Å²) >= 11 is 0. The van der Waals surface area contributed by atoms with Crippen LogP contribution in [0.15, 0.2) is 0 Å². The van der Waals surface area contributed by atoms with E-state index in [1.807, 2.05) is 13.8 Å². The van der Waals surface area contributed by atoms with E-state index in [9.17, 15) is 9.90 Å². The average molecular weight is 229 g/mol. The molecule has 16 heavy (non-hydrogen) atoms. The van der Waals surface area contributed by atoms with Crippen LogP contribution in [-0.2, 0) is 4.79 Å². The second-order valence-electron chi connectivity index (χ2n) is 4.51. The summed E-state index contributed by atoms with van der Waals surface area (Å²) in [6.45, 7) is 10.9. The molecule has 3 heteroatoms. The van der Waals surface area contributed by atoms with Crippen molar-refractivity contribution in [3.05, 3.63) is 0 Å². The highest BCUT2D eigenvalue weighted by Crippen LogP contribution is 2.28. The molecule has 96 valence electrons. The lowest BCUT2D eigenvalue weighted by molar-refractivity contribution is -0.150. The molecule has 0 aliphatic heterocycles. The van der Waals surface area contributed by atoms with Crippen LogP contribution < -0.4 is 0 Å². The smallest absolute Gasteiger partial charge is 0.310 e. The Kier molecular flexibility index (Phi) is 7.39. The number of aliphatic carboxylic acids is 1. The molecule has 0 radical (unpaired) electrons. The van der Waals surface area contributed by atoms with Gasteiger partial charge in [0.2, 0.25) is 0 Å². The number of unbranched alkanes of at least 4 members (excludes halogenated alkanes) is 1. The molecule has 1 N–H and O–H groups in total. The van der Waals surface area contributed by atoms with E-state index in [2.05, 4.69) is 18.7 Å². The Labute approximate surface area is 99.8 Å². The van der Waals surface area contributed by atoms with Crippen LogP contribution in [0.1, 0.15) is 53.4 Å². The van der Waals surface area contributed by atoms with E-state index in [1.165, 1.54) is 0 Å². The van der Waals surface area contributed by atoms with Gasteiger partial charge in [-0.05, 0) is 32.4 Å². The van der Waals surface area contributed by atoms with Gasteiger partial charge in [-0.15, -0.1) is 0 Å². The monoisotopic (exact) mass is 229 g/mol. The molecule has 0 unspecified atom stereocenters. The molecule has 0 heterocycles. The van der Waals surface area contributed by atoms with Crippen molar-refractivity contribution in [3.8, 4) is 0 Å². The van der Waals surface area contributed by atoms with E-state index in [-0.39, 0.29) is 0 Å². The SMILES string of the molecule is CCCCN(CC)CC(CC)(CC)C(=O)O. The van der Waals surface area contributed by atoms with Crippen molar-refractivity contribution in [3.63, 3.8) is 0 Å². The maximum Gasteiger partial charge on any atom is 0.310 e. The molecule has 0 spiro atoms. The summed E-state index contributed by atoms with van der Waals surface area (Å²) in [5.74, 6) is -0.646. The Bertz CT molecular complexity index is 200. The molecule has 0 saturated carbocycles. The first-order chi connectivity index (χ1) is 7.56. The topological polar surface area (TPSA) is 40.5 Å². The lowest BCUT2D eigenvalue weighted by Crippen LogP contribution is -2.42. The van der Waals surface area contributed by atoms with Gasteiger partial charge in [-0.2, -0.15) is 0 Å². The van der Waals surface area contributed by atoms with Crippen molar-refractivity contribution in [1.82, 2.24) is 4.90 Å². The van der Waals surface area contributed by atoms with Gasteiger partial charge in [0.05, 0.1) is 5.41 Å². The van der Waals surface area contributed by atoms with Crippen LogP contribution in [0.2, 0.25) is 0 Å². The van der Waals surface area contributed by atoms with E-state index in [1.54, 1.807) is 0 Å². The van der Waals surface area contributed by atoms with Crippen LogP contribution in [0.25, 0.3) is 0 Å². The number of hydrogen-bond donors (Lipinski definition) is 1. The molecule has 0 saturated heterocycles. The van der Waals surface area contributed by atoms with Gasteiger partial charge in [0.15, 0.2) is 0 Å². The van der Waals surface area contributed by atoms with Gasteiger partial charge in [-0.25, -0.2) is 0 Å². The van der Waals surface area contributed by atoms with Crippen molar-refractivity contribution < 1.29 is 9.90 Å². The fourth-order valence-corrected chi connectivity index (χ4v) is 2.00.